The van der Waals surface area contributed by atoms with Crippen molar-refractivity contribution in [1.82, 2.24) is 10.2 Å². The van der Waals surface area contributed by atoms with Crippen molar-refractivity contribution in [3.63, 3.8) is 0 Å². The number of hydrogen-bond donors (Lipinski definition) is 1. The second kappa shape index (κ2) is 5.25. The van der Waals surface area contributed by atoms with Crippen molar-refractivity contribution in [3.8, 4) is 0 Å². The van der Waals surface area contributed by atoms with E-state index in [4.69, 9.17) is 0 Å². The fourth-order valence-corrected chi connectivity index (χ4v) is 2.91. The quantitative estimate of drug-likeness (QED) is 0.666. The Kier molecular flexibility index (Phi) is 3.50. The summed E-state index contributed by atoms with van der Waals surface area (Å²) in [6.07, 6.45) is -4.61. The molecule has 0 spiro atoms. The second-order valence-corrected chi connectivity index (χ2v) is 5.34. The monoisotopic (exact) mass is 327 g/mol. The first-order chi connectivity index (χ1) is 10.8. The molecule has 9 heteroatoms. The summed E-state index contributed by atoms with van der Waals surface area (Å²) in [5.74, 6) is -0.992. The van der Waals surface area contributed by atoms with Gasteiger partial charge in [0.25, 0.3) is 5.70 Å². The minimum Gasteiger partial charge on any atom is -0.364 e. The Balaban J connectivity index is 2.02. The molecule has 23 heavy (non-hydrogen) atoms. The van der Waals surface area contributed by atoms with Crippen LogP contribution in [-0.4, -0.2) is 28.8 Å². The largest absolute Gasteiger partial charge is 0.416 e. The molecule has 0 bridgehead atoms. The van der Waals surface area contributed by atoms with Crippen LogP contribution >= 0.6 is 0 Å². The Labute approximate surface area is 128 Å². The molecule has 122 valence electrons. The van der Waals surface area contributed by atoms with E-state index in [0.717, 1.165) is 12.1 Å². The number of fused-ring (bicyclic) bond motifs is 1. The van der Waals surface area contributed by atoms with Crippen molar-refractivity contribution in [2.75, 3.05) is 13.1 Å². The number of benzene rings is 1. The number of allylic oxidation sites excluding steroid dienone is 1. The number of alkyl halides is 3. The van der Waals surface area contributed by atoms with Crippen LogP contribution < -0.4 is 5.32 Å². The molecule has 2 aliphatic heterocycles. The minimum atomic E-state index is -4.48. The van der Waals surface area contributed by atoms with E-state index in [1.165, 1.54) is 17.0 Å². The highest BCUT2D eigenvalue weighted by atomic mass is 19.4. The van der Waals surface area contributed by atoms with Crippen LogP contribution in [0.25, 0.3) is 0 Å². The van der Waals surface area contributed by atoms with E-state index in [1.807, 2.05) is 0 Å². The van der Waals surface area contributed by atoms with Gasteiger partial charge < -0.3 is 5.32 Å². The number of carbonyl (C=O) groups excluding carboxylic acids is 1. The lowest BCUT2D eigenvalue weighted by molar-refractivity contribution is -0.433. The van der Waals surface area contributed by atoms with Gasteiger partial charge in [-0.05, 0) is 17.7 Å². The van der Waals surface area contributed by atoms with Gasteiger partial charge in [-0.2, -0.15) is 13.2 Å². The van der Waals surface area contributed by atoms with Gasteiger partial charge in [-0.1, -0.05) is 12.1 Å². The van der Waals surface area contributed by atoms with Gasteiger partial charge in [0.05, 0.1) is 16.4 Å². The Hall–Kier alpha value is -2.58. The van der Waals surface area contributed by atoms with Gasteiger partial charge in [0.15, 0.2) is 5.82 Å². The number of hydrogen-bond acceptors (Lipinski definition) is 4. The molecular weight excluding hydrogens is 315 g/mol. The number of amides is 1. The highest BCUT2D eigenvalue weighted by molar-refractivity contribution is 5.81. The lowest BCUT2D eigenvalue weighted by Gasteiger charge is -2.27. The molecule has 1 unspecified atom stereocenters. The minimum absolute atomic E-state index is 0.132. The normalized spacial score (nSPS) is 21.3. The number of halogens is 3. The first-order valence-corrected chi connectivity index (χ1v) is 6.89. The molecule has 3 rings (SSSR count). The summed E-state index contributed by atoms with van der Waals surface area (Å²) in [7, 11) is 0. The number of rotatable bonds is 2. The lowest BCUT2D eigenvalue weighted by atomic mass is 9.89. The van der Waals surface area contributed by atoms with E-state index < -0.39 is 22.6 Å². The van der Waals surface area contributed by atoms with Crippen LogP contribution in [0.4, 0.5) is 13.2 Å². The van der Waals surface area contributed by atoms with E-state index >= 15 is 0 Å². The predicted octanol–water partition coefficient (Wildman–Crippen LogP) is 2.07. The number of carbonyl (C=O) groups is 1. The zero-order valence-corrected chi connectivity index (χ0v) is 11.8. The highest BCUT2D eigenvalue weighted by Crippen LogP contribution is 2.38. The van der Waals surface area contributed by atoms with Crippen molar-refractivity contribution in [2.45, 2.75) is 18.5 Å². The summed E-state index contributed by atoms with van der Waals surface area (Å²) >= 11 is 0. The number of nitrogens with one attached hydrogen (secondary N) is 1. The van der Waals surface area contributed by atoms with Gasteiger partial charge in [0, 0.05) is 19.5 Å². The SMILES string of the molecule is O=C1CC(c2ccc(C(F)(F)F)cc2)C([N+](=O)[O-])=C2NCCN12. The molecule has 1 amide bonds. The lowest BCUT2D eigenvalue weighted by Crippen LogP contribution is -2.37. The predicted molar refractivity (Wildman–Crippen MR) is 72.5 cm³/mol. The topological polar surface area (TPSA) is 75.5 Å². The molecule has 0 aliphatic carbocycles. The zero-order valence-electron chi connectivity index (χ0n) is 11.8. The molecule has 1 atom stereocenters. The van der Waals surface area contributed by atoms with Crippen LogP contribution in [0.15, 0.2) is 35.8 Å². The maximum absolute atomic E-state index is 12.6. The summed E-state index contributed by atoms with van der Waals surface area (Å²) < 4.78 is 37.8. The van der Waals surface area contributed by atoms with Gasteiger partial charge in [-0.15, -0.1) is 0 Å². The van der Waals surface area contributed by atoms with E-state index in [2.05, 4.69) is 5.32 Å². The van der Waals surface area contributed by atoms with Gasteiger partial charge >= 0.3 is 6.18 Å². The molecular formula is C14H12F3N3O3. The van der Waals surface area contributed by atoms with Gasteiger partial charge in [0.1, 0.15) is 0 Å². The summed E-state index contributed by atoms with van der Waals surface area (Å²) in [6.45, 7) is 0.767. The summed E-state index contributed by atoms with van der Waals surface area (Å²) in [6, 6.07) is 4.12. The molecule has 1 N–H and O–H groups in total. The second-order valence-electron chi connectivity index (χ2n) is 5.34. The molecule has 0 radical (unpaired) electrons. The fourth-order valence-electron chi connectivity index (χ4n) is 2.91. The van der Waals surface area contributed by atoms with Crippen LogP contribution in [0.1, 0.15) is 23.5 Å². The van der Waals surface area contributed by atoms with Gasteiger partial charge in [0.2, 0.25) is 5.91 Å². The molecule has 0 aromatic heterocycles. The van der Waals surface area contributed by atoms with Crippen molar-refractivity contribution >= 4 is 5.91 Å². The molecule has 1 saturated heterocycles. The fraction of sp³-hybridized carbons (Fsp3) is 0.357. The van der Waals surface area contributed by atoms with E-state index in [-0.39, 0.29) is 23.8 Å². The summed E-state index contributed by atoms with van der Waals surface area (Å²) in [5, 5.41) is 14.2. The Bertz CT molecular complexity index is 697. The number of nitrogens with zero attached hydrogens (tertiary/aromatic N) is 2. The molecule has 1 aromatic carbocycles. The molecule has 1 fully saturated rings. The van der Waals surface area contributed by atoms with Gasteiger partial charge in [-0.3, -0.25) is 19.8 Å². The highest BCUT2D eigenvalue weighted by Gasteiger charge is 2.44. The maximum atomic E-state index is 12.6. The standard InChI is InChI=1S/C14H12F3N3O3/c15-14(16,17)9-3-1-8(2-4-9)10-7-11(21)19-6-5-18-13(19)12(10)20(22)23/h1-4,10,18H,5-7H2. The third-order valence-corrected chi connectivity index (χ3v) is 3.99. The third-order valence-electron chi connectivity index (χ3n) is 3.99. The van der Waals surface area contributed by atoms with E-state index in [0.29, 0.717) is 18.7 Å². The Morgan fingerprint density at radius 2 is 1.91 bits per heavy atom. The van der Waals surface area contributed by atoms with Crippen molar-refractivity contribution in [3.05, 3.63) is 57.0 Å². The number of nitro groups is 1. The maximum Gasteiger partial charge on any atom is 0.416 e. The van der Waals surface area contributed by atoms with Crippen LogP contribution in [0.5, 0.6) is 0 Å². The van der Waals surface area contributed by atoms with Crippen molar-refractivity contribution in [2.24, 2.45) is 0 Å². The molecule has 2 aliphatic rings. The molecule has 1 aromatic rings. The van der Waals surface area contributed by atoms with Crippen molar-refractivity contribution < 1.29 is 22.9 Å². The zero-order chi connectivity index (χ0) is 16.8. The first kappa shape index (κ1) is 15.3. The molecule has 2 heterocycles. The molecule has 6 nitrogen and oxygen atoms in total. The van der Waals surface area contributed by atoms with Crippen LogP contribution in [0.2, 0.25) is 0 Å². The Morgan fingerprint density at radius 3 is 2.48 bits per heavy atom. The van der Waals surface area contributed by atoms with E-state index in [1.54, 1.807) is 0 Å². The third kappa shape index (κ3) is 2.62. The smallest absolute Gasteiger partial charge is 0.364 e. The Morgan fingerprint density at radius 1 is 1.26 bits per heavy atom. The van der Waals surface area contributed by atoms with Crippen molar-refractivity contribution in [1.29, 1.82) is 0 Å². The summed E-state index contributed by atoms with van der Waals surface area (Å²) in [4.78, 5) is 24.3. The van der Waals surface area contributed by atoms with Crippen LogP contribution in [-0.2, 0) is 11.0 Å². The molecule has 0 saturated carbocycles. The average Bonchev–Trinajstić information content (AvgIpc) is 2.95. The average molecular weight is 327 g/mol. The van der Waals surface area contributed by atoms with Gasteiger partial charge in [-0.25, -0.2) is 0 Å². The van der Waals surface area contributed by atoms with E-state index in [9.17, 15) is 28.1 Å². The van der Waals surface area contributed by atoms with Crippen LogP contribution in [0, 0.1) is 10.1 Å². The summed E-state index contributed by atoms with van der Waals surface area (Å²) in [5.41, 5.74) is -0.694. The van der Waals surface area contributed by atoms with Crippen LogP contribution in [0.3, 0.4) is 0 Å². The first-order valence-electron chi connectivity index (χ1n) is 6.89.